The van der Waals surface area contributed by atoms with Crippen molar-refractivity contribution in [1.29, 1.82) is 5.41 Å². The molecule has 66 heavy (non-hydrogen) atoms. The van der Waals surface area contributed by atoms with Gasteiger partial charge in [0.1, 0.15) is 0 Å². The number of rotatable bonds is 8. The first-order valence-electron chi connectivity index (χ1n) is 22.5. The third-order valence-corrected chi connectivity index (χ3v) is 13.4. The van der Waals surface area contributed by atoms with Crippen LogP contribution in [-0.2, 0) is 5.41 Å². The maximum atomic E-state index is 9.08. The van der Waals surface area contributed by atoms with Crippen LogP contribution in [0.1, 0.15) is 38.9 Å². The maximum Gasteiger partial charge on any atom is 0.0760 e. The summed E-state index contributed by atoms with van der Waals surface area (Å²) < 4.78 is 0. The topological polar surface area (TPSA) is 39.5 Å². The van der Waals surface area contributed by atoms with E-state index in [1.54, 1.807) is 0 Å². The van der Waals surface area contributed by atoms with Crippen LogP contribution in [0.4, 0.5) is 17.1 Å². The van der Waals surface area contributed by atoms with E-state index in [4.69, 9.17) is 10.4 Å². The molecule has 0 saturated carbocycles. The molecular weight excluding hydrogens is 799 g/mol. The average Bonchev–Trinajstić information content (AvgIpc) is 3.69. The van der Waals surface area contributed by atoms with E-state index in [9.17, 15) is 0 Å². The van der Waals surface area contributed by atoms with Crippen LogP contribution >= 0.6 is 0 Å². The van der Waals surface area contributed by atoms with Gasteiger partial charge in [-0.1, -0.05) is 212 Å². The lowest BCUT2D eigenvalue weighted by atomic mass is 9.63. The molecule has 0 unspecified atom stereocenters. The molecule has 0 fully saturated rings. The van der Waals surface area contributed by atoms with Crippen molar-refractivity contribution in [3.63, 3.8) is 0 Å². The fourth-order valence-electron chi connectivity index (χ4n) is 10.4. The summed E-state index contributed by atoms with van der Waals surface area (Å²) in [5.74, 6) is 0. The first kappa shape index (κ1) is 39.0. The minimum Gasteiger partial charge on any atom is -0.310 e. The van der Waals surface area contributed by atoms with Crippen molar-refractivity contribution in [2.45, 2.75) is 5.41 Å². The molecule has 0 radical (unpaired) electrons. The van der Waals surface area contributed by atoms with Gasteiger partial charge in [-0.3, -0.25) is 4.99 Å². The summed E-state index contributed by atoms with van der Waals surface area (Å²) in [7, 11) is 0. The molecule has 0 saturated heterocycles. The number of hydrogen-bond donors (Lipinski definition) is 1. The molecule has 10 aromatic carbocycles. The summed E-state index contributed by atoms with van der Waals surface area (Å²) in [6.07, 6.45) is 3.77. The lowest BCUT2D eigenvalue weighted by Crippen LogP contribution is -2.36. The maximum absolute atomic E-state index is 9.08. The zero-order valence-electron chi connectivity index (χ0n) is 36.1. The second kappa shape index (κ2) is 16.2. The Bertz CT molecular complexity index is 3470. The van der Waals surface area contributed by atoms with Crippen molar-refractivity contribution >= 4 is 45.5 Å². The molecule has 1 aliphatic carbocycles. The number of anilines is 3. The number of para-hydroxylation sites is 3. The van der Waals surface area contributed by atoms with Crippen molar-refractivity contribution < 1.29 is 0 Å². The Labute approximate surface area is 385 Å². The molecule has 0 bridgehead atoms. The largest absolute Gasteiger partial charge is 0.310 e. The standard InChI is InChI=1S/C63H43N3/c64-58(48-19-6-2-7-20-48)41-59(65-42-43-28-30-45(31-29-43)44-16-4-1-5-17-44)49-34-32-46(33-35-49)50-37-38-53-54-39-36-47-18-10-11-23-52(47)62(54)63(57(53)40-50)55-24-12-14-26-60(55)66(51-21-8-3-9-22-51)61-27-15-13-25-56(61)63/h1-42,64H/b59-41-,64-58?,65-42+. The second-order valence-electron chi connectivity index (χ2n) is 17.1. The molecule has 3 heteroatoms. The molecule has 0 atom stereocenters. The van der Waals surface area contributed by atoms with Crippen molar-refractivity contribution in [1.82, 2.24) is 0 Å². The second-order valence-corrected chi connectivity index (χ2v) is 17.1. The molecule has 12 rings (SSSR count). The van der Waals surface area contributed by atoms with E-state index in [0.717, 1.165) is 44.8 Å². The fourth-order valence-corrected chi connectivity index (χ4v) is 10.4. The lowest BCUT2D eigenvalue weighted by molar-refractivity contribution is 0.759. The molecule has 2 aliphatic rings. The van der Waals surface area contributed by atoms with E-state index in [0.29, 0.717) is 5.71 Å². The molecule has 0 amide bonds. The molecule has 310 valence electrons. The van der Waals surface area contributed by atoms with Gasteiger partial charge in [0.25, 0.3) is 0 Å². The Morgan fingerprint density at radius 2 is 0.985 bits per heavy atom. The SMILES string of the molecule is N=C(/C=C(\N=C\c1ccc(-c2ccccc2)cc1)c1ccc(-c2ccc3c(c2)C2(c4ccccc4N(c4ccccc4)c4ccccc42)c2c-3ccc3ccccc23)cc1)c1ccccc1. The summed E-state index contributed by atoms with van der Waals surface area (Å²) in [5.41, 5.74) is 19.0. The van der Waals surface area contributed by atoms with Gasteiger partial charge in [0, 0.05) is 17.5 Å². The highest BCUT2D eigenvalue weighted by atomic mass is 15.2. The Kier molecular flexibility index (Phi) is 9.54. The van der Waals surface area contributed by atoms with Crippen LogP contribution in [-0.4, -0.2) is 11.9 Å². The number of allylic oxidation sites excluding steroid dienone is 1. The van der Waals surface area contributed by atoms with Gasteiger partial charge in [-0.05, 0) is 114 Å². The quantitative estimate of drug-likeness (QED) is 0.152. The zero-order chi connectivity index (χ0) is 44.0. The smallest absolute Gasteiger partial charge is 0.0760 e. The normalized spacial score (nSPS) is 13.3. The Morgan fingerprint density at radius 1 is 0.439 bits per heavy atom. The minimum absolute atomic E-state index is 0.404. The first-order chi connectivity index (χ1) is 32.6. The minimum atomic E-state index is -0.596. The average molecular weight is 842 g/mol. The van der Waals surface area contributed by atoms with Gasteiger partial charge in [-0.15, -0.1) is 0 Å². The van der Waals surface area contributed by atoms with Crippen molar-refractivity contribution in [2.24, 2.45) is 4.99 Å². The summed E-state index contributed by atoms with van der Waals surface area (Å²) in [4.78, 5) is 7.49. The van der Waals surface area contributed by atoms with Crippen molar-refractivity contribution in [2.75, 3.05) is 4.90 Å². The van der Waals surface area contributed by atoms with E-state index in [1.807, 2.05) is 48.7 Å². The molecule has 0 aromatic heterocycles. The Morgan fingerprint density at radius 3 is 1.70 bits per heavy atom. The van der Waals surface area contributed by atoms with Crippen LogP contribution in [0, 0.1) is 5.41 Å². The number of nitrogens with one attached hydrogen (secondary N) is 1. The number of aliphatic imine (C=N–C) groups is 1. The molecule has 1 heterocycles. The number of hydrogen-bond acceptors (Lipinski definition) is 3. The van der Waals surface area contributed by atoms with Gasteiger partial charge in [-0.25, -0.2) is 0 Å². The zero-order valence-corrected chi connectivity index (χ0v) is 36.1. The Balaban J connectivity index is 0.987. The van der Waals surface area contributed by atoms with Crippen LogP contribution in [0.25, 0.3) is 49.9 Å². The third kappa shape index (κ3) is 6.44. The van der Waals surface area contributed by atoms with Gasteiger partial charge in [-0.2, -0.15) is 0 Å². The summed E-state index contributed by atoms with van der Waals surface area (Å²) in [6, 6.07) is 86.7. The van der Waals surface area contributed by atoms with Crippen LogP contribution in [0.5, 0.6) is 0 Å². The third-order valence-electron chi connectivity index (χ3n) is 13.4. The summed E-state index contributed by atoms with van der Waals surface area (Å²) in [5, 5.41) is 11.6. The van der Waals surface area contributed by atoms with Crippen LogP contribution in [0.3, 0.4) is 0 Å². The number of fused-ring (bicyclic) bond motifs is 11. The first-order valence-corrected chi connectivity index (χ1v) is 22.5. The van der Waals surface area contributed by atoms with E-state index >= 15 is 0 Å². The summed E-state index contributed by atoms with van der Waals surface area (Å²) in [6.45, 7) is 0. The summed E-state index contributed by atoms with van der Waals surface area (Å²) >= 11 is 0. The fraction of sp³-hybridized carbons (Fsp3) is 0.0159. The predicted molar refractivity (Wildman–Crippen MR) is 276 cm³/mol. The number of benzene rings is 10. The highest BCUT2D eigenvalue weighted by molar-refractivity contribution is 6.11. The van der Waals surface area contributed by atoms with Gasteiger partial charge in [0.05, 0.1) is 28.2 Å². The lowest BCUT2D eigenvalue weighted by Gasteiger charge is -2.45. The van der Waals surface area contributed by atoms with Crippen LogP contribution < -0.4 is 4.90 Å². The van der Waals surface area contributed by atoms with Crippen LogP contribution in [0.15, 0.2) is 254 Å². The highest BCUT2D eigenvalue weighted by Gasteiger charge is 2.52. The molecular formula is C63H43N3. The number of nitrogens with zero attached hydrogens (tertiary/aromatic N) is 2. The molecule has 3 nitrogen and oxygen atoms in total. The highest BCUT2D eigenvalue weighted by Crippen LogP contribution is 2.64. The van der Waals surface area contributed by atoms with Gasteiger partial charge >= 0.3 is 0 Å². The monoisotopic (exact) mass is 841 g/mol. The van der Waals surface area contributed by atoms with Gasteiger partial charge in [0.2, 0.25) is 0 Å². The van der Waals surface area contributed by atoms with E-state index in [-0.39, 0.29) is 0 Å². The van der Waals surface area contributed by atoms with Gasteiger partial charge < -0.3 is 10.3 Å². The molecule has 1 spiro atoms. The molecule has 1 N–H and O–H groups in total. The predicted octanol–water partition coefficient (Wildman–Crippen LogP) is 15.8. The van der Waals surface area contributed by atoms with E-state index in [2.05, 4.69) is 211 Å². The van der Waals surface area contributed by atoms with Crippen molar-refractivity contribution in [3.05, 3.63) is 288 Å². The van der Waals surface area contributed by atoms with Crippen LogP contribution in [0.2, 0.25) is 0 Å². The Hall–Kier alpha value is -8.66. The molecule has 1 aliphatic heterocycles. The molecule has 10 aromatic rings. The van der Waals surface area contributed by atoms with E-state index in [1.165, 1.54) is 61.1 Å². The van der Waals surface area contributed by atoms with E-state index < -0.39 is 5.41 Å². The van der Waals surface area contributed by atoms with Crippen molar-refractivity contribution in [3.8, 4) is 33.4 Å². The van der Waals surface area contributed by atoms with Gasteiger partial charge in [0.15, 0.2) is 0 Å².